The third kappa shape index (κ3) is 5.11. The van der Waals surface area contributed by atoms with E-state index >= 15 is 0 Å². The van der Waals surface area contributed by atoms with Crippen molar-refractivity contribution in [1.29, 1.82) is 0 Å². The molecular weight excluding hydrogens is 398 g/mol. The van der Waals surface area contributed by atoms with Crippen LogP contribution in [0.15, 0.2) is 11.8 Å². The van der Waals surface area contributed by atoms with Crippen molar-refractivity contribution < 1.29 is 62.6 Å². The molecule has 0 saturated carbocycles. The van der Waals surface area contributed by atoms with E-state index in [1.54, 1.807) is 0 Å². The van der Waals surface area contributed by atoms with Crippen LogP contribution in [0.1, 0.15) is 0 Å². The predicted molar refractivity (Wildman–Crippen MR) is 79.9 cm³/mol. The van der Waals surface area contributed by atoms with Crippen LogP contribution in [-0.4, -0.2) is 105 Å². The van der Waals surface area contributed by atoms with Gasteiger partial charge in [-0.2, -0.15) is 13.1 Å². The van der Waals surface area contributed by atoms with Crippen molar-refractivity contribution in [3.63, 3.8) is 0 Å². The monoisotopic (exact) mass is 417 g/mol. The van der Waals surface area contributed by atoms with Gasteiger partial charge in [0.2, 0.25) is 12.0 Å². The van der Waals surface area contributed by atoms with E-state index in [2.05, 4.69) is 0 Å². The Kier molecular flexibility index (Phi) is 6.74. The maximum absolute atomic E-state index is 11.0. The maximum atomic E-state index is 11.0. The van der Waals surface area contributed by atoms with Crippen LogP contribution in [0.4, 0.5) is 0 Å². The minimum Gasteiger partial charge on any atom is -0.475 e. The summed E-state index contributed by atoms with van der Waals surface area (Å²) in [5, 5.41) is 57.8. The molecule has 2 rings (SSSR count). The van der Waals surface area contributed by atoms with E-state index < -0.39 is 77.8 Å². The number of hydrogen-bond donors (Lipinski definition) is 8. The molecule has 0 amide bonds. The zero-order valence-electron chi connectivity index (χ0n) is 13.4. The normalized spacial score (nSPS) is 40.1. The molecule has 15 heteroatoms. The molecule has 27 heavy (non-hydrogen) atoms. The molecule has 8 N–H and O–H groups in total. The quantitative estimate of drug-likeness (QED) is 0.190. The highest BCUT2D eigenvalue weighted by Crippen LogP contribution is 2.28. The van der Waals surface area contributed by atoms with Gasteiger partial charge in [-0.3, -0.25) is 4.55 Å². The Hall–Kier alpha value is -1.40. The van der Waals surface area contributed by atoms with Crippen molar-refractivity contribution in [2.24, 2.45) is 0 Å². The molecule has 0 aromatic heterocycles. The predicted octanol–water partition coefficient (Wildman–Crippen LogP) is -4.75. The highest BCUT2D eigenvalue weighted by molar-refractivity contribution is 7.83. The summed E-state index contributed by atoms with van der Waals surface area (Å²) in [5.41, 5.74) is 0. The van der Waals surface area contributed by atoms with Gasteiger partial charge in [-0.25, -0.2) is 4.79 Å². The molecule has 0 radical (unpaired) electrons. The number of rotatable bonds is 6. The molecule has 8 atom stereocenters. The van der Waals surface area contributed by atoms with Crippen molar-refractivity contribution >= 4 is 16.3 Å². The lowest BCUT2D eigenvalue weighted by molar-refractivity contribution is -0.306. The maximum Gasteiger partial charge on any atom is 0.371 e. The zero-order valence-corrected chi connectivity index (χ0v) is 14.2. The van der Waals surface area contributed by atoms with Crippen LogP contribution in [0, 0.1) is 0 Å². The van der Waals surface area contributed by atoms with Crippen LogP contribution in [-0.2, 0) is 29.3 Å². The number of hydrogen-bond acceptors (Lipinski definition) is 11. The second kappa shape index (κ2) is 8.31. The first-order valence-corrected chi connectivity index (χ1v) is 8.89. The average molecular weight is 417 g/mol. The molecular formula is C12H19NO13S. The second-order valence-corrected chi connectivity index (χ2v) is 6.95. The van der Waals surface area contributed by atoms with Crippen LogP contribution >= 0.6 is 0 Å². The lowest BCUT2D eigenvalue weighted by atomic mass is 9.97. The molecule has 1 saturated heterocycles. The van der Waals surface area contributed by atoms with Gasteiger partial charge in [0.15, 0.2) is 6.29 Å². The highest BCUT2D eigenvalue weighted by atomic mass is 32.2. The number of carbonyl (C=O) groups is 1. The highest BCUT2D eigenvalue weighted by Gasteiger charge is 2.49. The van der Waals surface area contributed by atoms with Crippen LogP contribution < -0.4 is 4.72 Å². The van der Waals surface area contributed by atoms with Gasteiger partial charge >= 0.3 is 16.3 Å². The Morgan fingerprint density at radius 3 is 2.37 bits per heavy atom. The summed E-state index contributed by atoms with van der Waals surface area (Å²) in [6.45, 7) is -0.843. The molecule has 0 bridgehead atoms. The van der Waals surface area contributed by atoms with Crippen molar-refractivity contribution in [2.45, 2.75) is 49.1 Å². The number of aliphatic hydroxyl groups excluding tert-OH is 5. The summed E-state index contributed by atoms with van der Waals surface area (Å²) >= 11 is 0. The molecule has 0 aromatic rings. The zero-order chi connectivity index (χ0) is 20.5. The summed E-state index contributed by atoms with van der Waals surface area (Å²) < 4.78 is 47.2. The van der Waals surface area contributed by atoms with Crippen LogP contribution in [0.3, 0.4) is 0 Å². The molecule has 1 fully saturated rings. The van der Waals surface area contributed by atoms with Crippen molar-refractivity contribution in [3.05, 3.63) is 11.8 Å². The number of carboxylic acid groups (broad SMARTS) is 1. The Balaban J connectivity index is 2.23. The Labute approximate surface area is 152 Å². The fourth-order valence-corrected chi connectivity index (χ4v) is 3.18. The second-order valence-electron chi connectivity index (χ2n) is 5.76. The first-order valence-electron chi connectivity index (χ1n) is 7.45. The van der Waals surface area contributed by atoms with Crippen LogP contribution in [0.2, 0.25) is 0 Å². The fraction of sp³-hybridized carbons (Fsp3) is 0.750. The van der Waals surface area contributed by atoms with Gasteiger partial charge in [0, 0.05) is 0 Å². The number of carboxylic acids is 1. The minimum atomic E-state index is -4.89. The smallest absolute Gasteiger partial charge is 0.371 e. The van der Waals surface area contributed by atoms with Crippen molar-refractivity contribution in [3.8, 4) is 0 Å². The number of ether oxygens (including phenoxy) is 3. The summed E-state index contributed by atoms with van der Waals surface area (Å²) in [6.07, 6.45) is -11.7. The lowest BCUT2D eigenvalue weighted by Crippen LogP contribution is -2.65. The standard InChI is InChI=1S/C12H19NO13S/c14-2-5-9(8(17)6(11(20)24-5)13-27(21,22)23)26-12-7(16)3(15)1-4(25-12)10(18)19/h1,3,5-9,11-17,20H,2H2,(H,18,19)(H,21,22,23)/t3-,5+,6+,7+,8+,9+,11-,12-/m0/s1. The average Bonchev–Trinajstić information content (AvgIpc) is 2.56. The van der Waals surface area contributed by atoms with Gasteiger partial charge in [0.25, 0.3) is 0 Å². The number of aliphatic hydroxyl groups is 5. The molecule has 0 aliphatic carbocycles. The largest absolute Gasteiger partial charge is 0.475 e. The number of aliphatic carboxylic acids is 1. The third-order valence-electron chi connectivity index (χ3n) is 3.85. The summed E-state index contributed by atoms with van der Waals surface area (Å²) in [5.74, 6) is -2.35. The number of nitrogens with one attached hydrogen (secondary N) is 1. The minimum absolute atomic E-state index is 0.705. The van der Waals surface area contributed by atoms with Gasteiger partial charge in [-0.1, -0.05) is 0 Å². The Morgan fingerprint density at radius 2 is 1.85 bits per heavy atom. The molecule has 2 aliphatic rings. The van der Waals surface area contributed by atoms with E-state index in [0.29, 0.717) is 6.08 Å². The molecule has 14 nitrogen and oxygen atoms in total. The summed E-state index contributed by atoms with van der Waals surface area (Å²) in [7, 11) is -4.89. The topological polar surface area (TPSA) is 233 Å². The van der Waals surface area contributed by atoms with Gasteiger partial charge in [-0.15, -0.1) is 0 Å². The summed E-state index contributed by atoms with van der Waals surface area (Å²) in [4.78, 5) is 11.0. The lowest BCUT2D eigenvalue weighted by Gasteiger charge is -2.44. The first-order chi connectivity index (χ1) is 12.4. The Bertz CT molecular complexity index is 681. The van der Waals surface area contributed by atoms with Crippen molar-refractivity contribution in [1.82, 2.24) is 4.72 Å². The van der Waals surface area contributed by atoms with E-state index in [0.717, 1.165) is 0 Å². The third-order valence-corrected chi connectivity index (χ3v) is 4.42. The van der Waals surface area contributed by atoms with Gasteiger partial charge in [0.1, 0.15) is 36.6 Å². The Morgan fingerprint density at radius 1 is 1.22 bits per heavy atom. The van der Waals surface area contributed by atoms with Gasteiger partial charge in [0.05, 0.1) is 6.61 Å². The fourth-order valence-electron chi connectivity index (χ4n) is 2.58. The van der Waals surface area contributed by atoms with E-state index in [4.69, 9.17) is 23.9 Å². The summed E-state index contributed by atoms with van der Waals surface area (Å²) in [6, 6.07) is -1.84. The molecule has 156 valence electrons. The SMILES string of the molecule is O=C(O)C1=C[C@H](O)[C@@H](O)[C@H](O[C@H]2[C@H](O)[C@@H](NS(=O)(=O)O)[C@@H](O)O[C@@H]2CO)O1. The first kappa shape index (κ1) is 21.9. The molecule has 0 spiro atoms. The van der Waals surface area contributed by atoms with Crippen molar-refractivity contribution in [2.75, 3.05) is 6.61 Å². The van der Waals surface area contributed by atoms with E-state index in [1.807, 2.05) is 0 Å². The van der Waals surface area contributed by atoms with E-state index in [9.17, 15) is 38.7 Å². The molecule has 2 aliphatic heterocycles. The van der Waals surface area contributed by atoms with Gasteiger partial charge in [-0.05, 0) is 6.08 Å². The van der Waals surface area contributed by atoms with Gasteiger partial charge < -0.3 is 44.8 Å². The van der Waals surface area contributed by atoms with Crippen LogP contribution in [0.5, 0.6) is 0 Å². The van der Waals surface area contributed by atoms with E-state index in [1.165, 1.54) is 4.72 Å². The van der Waals surface area contributed by atoms with E-state index in [-0.39, 0.29) is 0 Å². The molecule has 0 unspecified atom stereocenters. The van der Waals surface area contributed by atoms with Crippen LogP contribution in [0.25, 0.3) is 0 Å². The molecule has 0 aromatic carbocycles. The molecule has 2 heterocycles.